The number of aromatic nitrogens is 4. The van der Waals surface area contributed by atoms with E-state index < -0.39 is 5.97 Å². The average Bonchev–Trinajstić information content (AvgIpc) is 2.76. The molecule has 2 aromatic rings. The third-order valence-corrected chi connectivity index (χ3v) is 2.05. The van der Waals surface area contributed by atoms with Crippen LogP contribution in [0.4, 0.5) is 0 Å². The fraction of sp³-hybridized carbons (Fsp3) is 0.100. The summed E-state index contributed by atoms with van der Waals surface area (Å²) in [6, 6.07) is 4.79. The smallest absolute Gasteiger partial charge is 0.339 e. The second-order valence-electron chi connectivity index (χ2n) is 3.25. The van der Waals surface area contributed by atoms with Gasteiger partial charge in [0.2, 0.25) is 0 Å². The number of aromatic carboxylic acids is 1. The van der Waals surface area contributed by atoms with Crippen LogP contribution in [0.1, 0.15) is 21.9 Å². The van der Waals surface area contributed by atoms with E-state index in [-0.39, 0.29) is 17.2 Å². The molecule has 0 aromatic carbocycles. The van der Waals surface area contributed by atoms with Crippen LogP contribution in [0.15, 0.2) is 18.5 Å². The van der Waals surface area contributed by atoms with Gasteiger partial charge in [0.05, 0.1) is 0 Å². The van der Waals surface area contributed by atoms with E-state index in [0.29, 0.717) is 5.69 Å². The highest BCUT2D eigenvalue weighted by molar-refractivity contribution is 5.91. The van der Waals surface area contributed by atoms with Crippen molar-refractivity contribution in [3.63, 3.8) is 0 Å². The van der Waals surface area contributed by atoms with Gasteiger partial charge in [0.1, 0.15) is 18.0 Å². The summed E-state index contributed by atoms with van der Waals surface area (Å²) < 4.78 is 1.18. The first-order chi connectivity index (χ1) is 8.11. The van der Waals surface area contributed by atoms with E-state index in [2.05, 4.69) is 15.1 Å². The molecule has 0 aliphatic heterocycles. The predicted molar refractivity (Wildman–Crippen MR) is 55.6 cm³/mol. The minimum Gasteiger partial charge on any atom is -0.478 e. The predicted octanol–water partition coefficient (Wildman–Crippen LogP) is 0.541. The molecule has 0 radical (unpaired) electrons. The number of carboxylic acid groups (broad SMARTS) is 1. The first kappa shape index (κ1) is 10.8. The van der Waals surface area contributed by atoms with E-state index in [0.717, 1.165) is 0 Å². The maximum absolute atomic E-state index is 11.0. The lowest BCUT2D eigenvalue weighted by atomic mass is 10.2. The van der Waals surface area contributed by atoms with Crippen LogP contribution in [0.25, 0.3) is 5.82 Å². The Kier molecular flexibility index (Phi) is 2.54. The molecule has 0 unspecified atom stereocenters. The standard InChI is InChI=1S/C10H7N5O2/c1-6-2-3-7(10(16)17)9(13-6)15-5-12-8(4-11)14-15/h2-3,5H,1H3,(H,16,17). The Morgan fingerprint density at radius 2 is 2.29 bits per heavy atom. The summed E-state index contributed by atoms with van der Waals surface area (Å²) >= 11 is 0. The zero-order valence-electron chi connectivity index (χ0n) is 8.82. The summed E-state index contributed by atoms with van der Waals surface area (Å²) in [7, 11) is 0. The van der Waals surface area contributed by atoms with Gasteiger partial charge in [-0.05, 0) is 19.1 Å². The summed E-state index contributed by atoms with van der Waals surface area (Å²) in [6.45, 7) is 1.73. The second-order valence-corrected chi connectivity index (χ2v) is 3.25. The molecule has 0 atom stereocenters. The summed E-state index contributed by atoms with van der Waals surface area (Å²) in [5.41, 5.74) is 0.656. The van der Waals surface area contributed by atoms with Crippen LogP contribution in [-0.4, -0.2) is 30.8 Å². The molecule has 0 amide bonds. The Morgan fingerprint density at radius 3 is 2.88 bits per heavy atom. The largest absolute Gasteiger partial charge is 0.478 e. The molecular formula is C10H7N5O2. The molecule has 1 N–H and O–H groups in total. The van der Waals surface area contributed by atoms with Crippen LogP contribution in [0.2, 0.25) is 0 Å². The van der Waals surface area contributed by atoms with Crippen molar-refractivity contribution in [2.45, 2.75) is 6.92 Å². The van der Waals surface area contributed by atoms with Crippen LogP contribution >= 0.6 is 0 Å². The number of pyridine rings is 1. The maximum Gasteiger partial charge on any atom is 0.339 e. The SMILES string of the molecule is Cc1ccc(C(=O)O)c(-n2cnc(C#N)n2)n1. The van der Waals surface area contributed by atoms with Crippen molar-refractivity contribution in [2.75, 3.05) is 0 Å². The number of nitriles is 1. The van der Waals surface area contributed by atoms with Crippen LogP contribution in [0.3, 0.4) is 0 Å². The van der Waals surface area contributed by atoms with Gasteiger partial charge in [-0.25, -0.2) is 19.4 Å². The van der Waals surface area contributed by atoms with Crippen molar-refractivity contribution in [3.05, 3.63) is 35.5 Å². The quantitative estimate of drug-likeness (QED) is 0.805. The monoisotopic (exact) mass is 229 g/mol. The van der Waals surface area contributed by atoms with Gasteiger partial charge in [0.15, 0.2) is 5.82 Å². The molecule has 0 aliphatic rings. The Labute approximate surface area is 96.0 Å². The van der Waals surface area contributed by atoms with Crippen molar-refractivity contribution in [2.24, 2.45) is 0 Å². The molecule has 0 fully saturated rings. The van der Waals surface area contributed by atoms with Crippen LogP contribution in [-0.2, 0) is 0 Å². The van der Waals surface area contributed by atoms with Crippen molar-refractivity contribution in [3.8, 4) is 11.9 Å². The first-order valence-electron chi connectivity index (χ1n) is 4.65. The van der Waals surface area contributed by atoms with E-state index in [1.165, 1.54) is 17.1 Å². The highest BCUT2D eigenvalue weighted by Gasteiger charge is 2.14. The highest BCUT2D eigenvalue weighted by Crippen LogP contribution is 2.12. The number of hydrogen-bond donors (Lipinski definition) is 1. The average molecular weight is 229 g/mol. The maximum atomic E-state index is 11.0. The number of rotatable bonds is 2. The van der Waals surface area contributed by atoms with Gasteiger partial charge in [-0.15, -0.1) is 5.10 Å². The highest BCUT2D eigenvalue weighted by atomic mass is 16.4. The zero-order chi connectivity index (χ0) is 12.4. The fourth-order valence-corrected chi connectivity index (χ4v) is 1.30. The fourth-order valence-electron chi connectivity index (χ4n) is 1.30. The Morgan fingerprint density at radius 1 is 1.53 bits per heavy atom. The summed E-state index contributed by atoms with van der Waals surface area (Å²) in [4.78, 5) is 18.8. The van der Waals surface area contributed by atoms with Gasteiger partial charge < -0.3 is 5.11 Å². The Hall–Kier alpha value is -2.75. The van der Waals surface area contributed by atoms with Crippen molar-refractivity contribution < 1.29 is 9.90 Å². The number of aryl methyl sites for hydroxylation is 1. The van der Waals surface area contributed by atoms with Gasteiger partial charge in [-0.3, -0.25) is 0 Å². The lowest BCUT2D eigenvalue weighted by Gasteiger charge is -2.04. The molecule has 2 rings (SSSR count). The topological polar surface area (TPSA) is 105 Å². The van der Waals surface area contributed by atoms with Crippen LogP contribution in [0, 0.1) is 18.3 Å². The Bertz CT molecular complexity index is 626. The van der Waals surface area contributed by atoms with E-state index in [4.69, 9.17) is 10.4 Å². The molecule has 17 heavy (non-hydrogen) atoms. The van der Waals surface area contributed by atoms with Crippen LogP contribution in [0.5, 0.6) is 0 Å². The lowest BCUT2D eigenvalue weighted by molar-refractivity contribution is 0.0696. The third kappa shape index (κ3) is 1.96. The molecule has 0 spiro atoms. The summed E-state index contributed by atoms with van der Waals surface area (Å²) in [5, 5.41) is 21.4. The second kappa shape index (κ2) is 4.02. The van der Waals surface area contributed by atoms with E-state index in [1.54, 1.807) is 19.1 Å². The molecule has 0 bridgehead atoms. The molecular weight excluding hydrogens is 222 g/mol. The number of hydrogen-bond acceptors (Lipinski definition) is 5. The van der Waals surface area contributed by atoms with Gasteiger partial charge in [0.25, 0.3) is 5.82 Å². The van der Waals surface area contributed by atoms with Gasteiger partial charge >= 0.3 is 5.97 Å². The molecule has 0 saturated carbocycles. The molecule has 2 aromatic heterocycles. The lowest BCUT2D eigenvalue weighted by Crippen LogP contribution is -2.09. The minimum absolute atomic E-state index is 0.00462. The zero-order valence-corrected chi connectivity index (χ0v) is 8.82. The number of carbonyl (C=O) groups is 1. The molecule has 84 valence electrons. The van der Waals surface area contributed by atoms with Crippen LogP contribution < -0.4 is 0 Å². The van der Waals surface area contributed by atoms with Crippen molar-refractivity contribution in [1.82, 2.24) is 19.7 Å². The molecule has 7 heteroatoms. The first-order valence-corrected chi connectivity index (χ1v) is 4.65. The number of carboxylic acids is 1. The minimum atomic E-state index is -1.11. The van der Waals surface area contributed by atoms with Crippen molar-refractivity contribution in [1.29, 1.82) is 5.26 Å². The molecule has 0 aliphatic carbocycles. The molecule has 0 saturated heterocycles. The van der Waals surface area contributed by atoms with E-state index >= 15 is 0 Å². The van der Waals surface area contributed by atoms with Crippen molar-refractivity contribution >= 4 is 5.97 Å². The van der Waals surface area contributed by atoms with E-state index in [9.17, 15) is 4.79 Å². The summed E-state index contributed by atoms with van der Waals surface area (Å²) in [6.07, 6.45) is 1.26. The van der Waals surface area contributed by atoms with E-state index in [1.807, 2.05) is 0 Å². The van der Waals surface area contributed by atoms with Gasteiger partial charge in [-0.1, -0.05) is 0 Å². The molecule has 7 nitrogen and oxygen atoms in total. The molecule has 2 heterocycles. The summed E-state index contributed by atoms with van der Waals surface area (Å²) in [5.74, 6) is -1.00. The third-order valence-electron chi connectivity index (χ3n) is 2.05. The Balaban J connectivity index is 2.61. The normalized spacial score (nSPS) is 9.88. The van der Waals surface area contributed by atoms with Gasteiger partial charge in [0, 0.05) is 5.69 Å². The van der Waals surface area contributed by atoms with Gasteiger partial charge in [-0.2, -0.15) is 5.26 Å². The number of nitrogens with zero attached hydrogens (tertiary/aromatic N) is 5.